The highest BCUT2D eigenvalue weighted by Crippen LogP contribution is 2.16. The number of aromatic nitrogens is 1. The molecule has 7 nitrogen and oxygen atoms in total. The average Bonchev–Trinajstić information content (AvgIpc) is 2.79. The van der Waals surface area contributed by atoms with Crippen molar-refractivity contribution < 1.29 is 9.90 Å². The van der Waals surface area contributed by atoms with Crippen molar-refractivity contribution in [3.63, 3.8) is 0 Å². The summed E-state index contributed by atoms with van der Waals surface area (Å²) in [5, 5.41) is 13.2. The lowest BCUT2D eigenvalue weighted by Crippen LogP contribution is -2.50. The van der Waals surface area contributed by atoms with E-state index in [1.807, 2.05) is 49.5 Å². The van der Waals surface area contributed by atoms with Gasteiger partial charge in [0.2, 0.25) is 5.91 Å². The SMILES string of the molecule is CC(C)N(C)C[C@@H](O)CN1CCN(c2ccc(NC(=O)/C=C/c3ccccc3)cn2)CC1. The second kappa shape index (κ2) is 11.8. The molecule has 1 saturated heterocycles. The number of anilines is 2. The molecule has 1 aliphatic rings. The average molecular weight is 438 g/mol. The first-order chi connectivity index (χ1) is 15.4. The van der Waals surface area contributed by atoms with Crippen molar-refractivity contribution >= 4 is 23.5 Å². The molecule has 1 fully saturated rings. The number of β-amino-alcohol motifs (C(OH)–C–C–N with tert-alkyl or cyclic N) is 1. The molecule has 1 amide bonds. The zero-order chi connectivity index (χ0) is 22.9. The minimum absolute atomic E-state index is 0.182. The van der Waals surface area contributed by atoms with Crippen molar-refractivity contribution in [2.45, 2.75) is 26.0 Å². The number of pyridine rings is 1. The minimum atomic E-state index is -0.342. The molecule has 2 heterocycles. The molecule has 1 atom stereocenters. The number of piperazine rings is 1. The van der Waals surface area contributed by atoms with Crippen LogP contribution in [0.2, 0.25) is 0 Å². The molecule has 172 valence electrons. The van der Waals surface area contributed by atoms with Gasteiger partial charge < -0.3 is 20.2 Å². The number of carbonyl (C=O) groups is 1. The third-order valence-corrected chi connectivity index (χ3v) is 5.79. The van der Waals surface area contributed by atoms with Crippen LogP contribution < -0.4 is 10.2 Å². The Hall–Kier alpha value is -2.74. The molecule has 1 aromatic heterocycles. The minimum Gasteiger partial charge on any atom is -0.390 e. The summed E-state index contributed by atoms with van der Waals surface area (Å²) in [4.78, 5) is 23.4. The molecule has 7 heteroatoms. The monoisotopic (exact) mass is 437 g/mol. The molecule has 0 bridgehead atoms. The van der Waals surface area contributed by atoms with Crippen molar-refractivity contribution in [1.82, 2.24) is 14.8 Å². The molecule has 1 aromatic carbocycles. The van der Waals surface area contributed by atoms with Gasteiger partial charge in [-0.1, -0.05) is 30.3 Å². The Kier molecular flexibility index (Phi) is 8.79. The van der Waals surface area contributed by atoms with Gasteiger partial charge in [0, 0.05) is 51.4 Å². The summed E-state index contributed by atoms with van der Waals surface area (Å²) >= 11 is 0. The van der Waals surface area contributed by atoms with Gasteiger partial charge >= 0.3 is 0 Å². The molecule has 2 N–H and O–H groups in total. The fourth-order valence-corrected chi connectivity index (χ4v) is 3.63. The zero-order valence-electron chi connectivity index (χ0n) is 19.3. The summed E-state index contributed by atoms with van der Waals surface area (Å²) in [6.07, 6.45) is 4.66. The van der Waals surface area contributed by atoms with Crippen molar-refractivity contribution in [2.24, 2.45) is 0 Å². The third kappa shape index (κ3) is 7.44. The molecule has 1 aliphatic heterocycles. The van der Waals surface area contributed by atoms with Crippen molar-refractivity contribution in [2.75, 3.05) is 56.5 Å². The van der Waals surface area contributed by atoms with Crippen molar-refractivity contribution in [3.8, 4) is 0 Å². The number of nitrogens with one attached hydrogen (secondary N) is 1. The van der Waals surface area contributed by atoms with Gasteiger partial charge in [-0.05, 0) is 44.7 Å². The summed E-state index contributed by atoms with van der Waals surface area (Å²) in [5.41, 5.74) is 1.65. The van der Waals surface area contributed by atoms with Crippen LogP contribution in [0.4, 0.5) is 11.5 Å². The van der Waals surface area contributed by atoms with Gasteiger partial charge in [0.15, 0.2) is 0 Å². The maximum absolute atomic E-state index is 12.1. The Balaban J connectivity index is 1.43. The van der Waals surface area contributed by atoms with Gasteiger partial charge in [-0.2, -0.15) is 0 Å². The van der Waals surface area contributed by atoms with Crippen LogP contribution in [-0.2, 0) is 4.79 Å². The number of nitrogens with zero attached hydrogens (tertiary/aromatic N) is 4. The number of likely N-dealkylation sites (N-methyl/N-ethyl adjacent to an activating group) is 1. The van der Waals surface area contributed by atoms with E-state index in [1.165, 1.54) is 6.08 Å². The van der Waals surface area contributed by atoms with Gasteiger partial charge in [0.25, 0.3) is 0 Å². The molecule has 32 heavy (non-hydrogen) atoms. The first-order valence-electron chi connectivity index (χ1n) is 11.3. The lowest BCUT2D eigenvalue weighted by atomic mass is 10.2. The topological polar surface area (TPSA) is 71.9 Å². The largest absolute Gasteiger partial charge is 0.390 e. The summed E-state index contributed by atoms with van der Waals surface area (Å²) in [6, 6.07) is 14.0. The number of hydrogen-bond acceptors (Lipinski definition) is 6. The van der Waals surface area contributed by atoms with Crippen LogP contribution >= 0.6 is 0 Å². The third-order valence-electron chi connectivity index (χ3n) is 5.79. The number of hydrogen-bond donors (Lipinski definition) is 2. The van der Waals surface area contributed by atoms with Crippen molar-refractivity contribution in [1.29, 1.82) is 0 Å². The van der Waals surface area contributed by atoms with E-state index >= 15 is 0 Å². The smallest absolute Gasteiger partial charge is 0.248 e. The van der Waals surface area contributed by atoms with Crippen LogP contribution in [-0.4, -0.2) is 84.3 Å². The van der Waals surface area contributed by atoms with Crippen LogP contribution in [0.25, 0.3) is 6.08 Å². The fourth-order valence-electron chi connectivity index (χ4n) is 3.63. The summed E-state index contributed by atoms with van der Waals surface area (Å²) in [5.74, 6) is 0.723. The van der Waals surface area contributed by atoms with Gasteiger partial charge in [-0.15, -0.1) is 0 Å². The summed E-state index contributed by atoms with van der Waals surface area (Å²) in [7, 11) is 2.04. The lowest BCUT2D eigenvalue weighted by Gasteiger charge is -2.37. The van der Waals surface area contributed by atoms with E-state index in [0.717, 1.165) is 37.6 Å². The van der Waals surface area contributed by atoms with Crippen LogP contribution in [0.1, 0.15) is 19.4 Å². The fraction of sp³-hybridized carbons (Fsp3) is 0.440. The number of carbonyl (C=O) groups excluding carboxylic acids is 1. The van der Waals surface area contributed by atoms with Crippen LogP contribution in [0.15, 0.2) is 54.7 Å². The number of benzene rings is 1. The first-order valence-corrected chi connectivity index (χ1v) is 11.3. The van der Waals surface area contributed by atoms with Gasteiger partial charge in [0.05, 0.1) is 18.0 Å². The van der Waals surface area contributed by atoms with Crippen LogP contribution in [0, 0.1) is 0 Å². The van der Waals surface area contributed by atoms with Gasteiger partial charge in [-0.25, -0.2) is 4.98 Å². The summed E-state index contributed by atoms with van der Waals surface area (Å²) < 4.78 is 0. The van der Waals surface area contributed by atoms with Crippen molar-refractivity contribution in [3.05, 3.63) is 60.3 Å². The second-order valence-corrected chi connectivity index (χ2v) is 8.61. The molecule has 0 unspecified atom stereocenters. The highest BCUT2D eigenvalue weighted by atomic mass is 16.3. The number of rotatable bonds is 9. The first kappa shape index (κ1) is 23.9. The van der Waals surface area contributed by atoms with Crippen LogP contribution in [0.5, 0.6) is 0 Å². The zero-order valence-corrected chi connectivity index (χ0v) is 19.3. The maximum Gasteiger partial charge on any atom is 0.248 e. The summed E-state index contributed by atoms with van der Waals surface area (Å²) in [6.45, 7) is 9.18. The van der Waals surface area contributed by atoms with E-state index in [-0.39, 0.29) is 12.0 Å². The van der Waals surface area contributed by atoms with E-state index in [0.29, 0.717) is 24.8 Å². The predicted octanol–water partition coefficient (Wildman–Crippen LogP) is 2.56. The van der Waals surface area contributed by atoms with Gasteiger partial charge in [0.1, 0.15) is 5.82 Å². The van der Waals surface area contributed by atoms with Crippen LogP contribution in [0.3, 0.4) is 0 Å². The maximum atomic E-state index is 12.1. The predicted molar refractivity (Wildman–Crippen MR) is 131 cm³/mol. The number of aliphatic hydroxyl groups is 1. The normalized spacial score (nSPS) is 16.1. The molecule has 0 aliphatic carbocycles. The number of amides is 1. The lowest BCUT2D eigenvalue weighted by molar-refractivity contribution is -0.111. The molecule has 0 saturated carbocycles. The Bertz CT molecular complexity index is 862. The molecule has 0 radical (unpaired) electrons. The highest BCUT2D eigenvalue weighted by molar-refractivity contribution is 6.01. The van der Waals surface area contributed by atoms with E-state index in [2.05, 4.69) is 38.8 Å². The Morgan fingerprint density at radius 1 is 1.16 bits per heavy atom. The standard InChI is InChI=1S/C25H35N5O2/c1-20(2)28(3)18-23(31)19-29-13-15-30(16-14-29)24-11-10-22(17-26-24)27-25(32)12-9-21-7-5-4-6-8-21/h4-12,17,20,23,31H,13-16,18-19H2,1-3H3,(H,27,32)/b12-9+/t23-/m1/s1. The second-order valence-electron chi connectivity index (χ2n) is 8.61. The van der Waals surface area contributed by atoms with E-state index < -0.39 is 0 Å². The number of aliphatic hydroxyl groups excluding tert-OH is 1. The molecular weight excluding hydrogens is 402 g/mol. The van der Waals surface area contributed by atoms with E-state index in [4.69, 9.17) is 0 Å². The van der Waals surface area contributed by atoms with E-state index in [1.54, 1.807) is 12.3 Å². The highest BCUT2D eigenvalue weighted by Gasteiger charge is 2.21. The molecule has 0 spiro atoms. The molecule has 3 rings (SSSR count). The Morgan fingerprint density at radius 3 is 2.50 bits per heavy atom. The Morgan fingerprint density at radius 2 is 1.88 bits per heavy atom. The van der Waals surface area contributed by atoms with E-state index in [9.17, 15) is 9.90 Å². The quantitative estimate of drug-likeness (QED) is 0.588. The molecule has 2 aromatic rings. The molecular formula is C25H35N5O2. The Labute approximate surface area is 191 Å². The van der Waals surface area contributed by atoms with Gasteiger partial charge in [-0.3, -0.25) is 9.69 Å².